The highest BCUT2D eigenvalue weighted by atomic mass is 16.3. The van der Waals surface area contributed by atoms with Crippen molar-refractivity contribution in [2.45, 2.75) is 27.7 Å². The van der Waals surface area contributed by atoms with Crippen molar-refractivity contribution in [1.29, 1.82) is 0 Å². The zero-order valence-corrected chi connectivity index (χ0v) is 8.10. The van der Waals surface area contributed by atoms with E-state index in [0.29, 0.717) is 0 Å². The molecule has 0 rings (SSSR count). The monoisotopic (exact) mass is 147 g/mol. The molecule has 1 N–H and O–H groups in total. The van der Waals surface area contributed by atoms with Crippen LogP contribution in [0.2, 0.25) is 0 Å². The van der Waals surface area contributed by atoms with Crippen LogP contribution in [0.5, 0.6) is 0 Å². The molecule has 2 heteroatoms. The maximum absolute atomic E-state index is 8.36. The zero-order valence-electron chi connectivity index (χ0n) is 8.10. The van der Waals surface area contributed by atoms with Gasteiger partial charge in [-0.05, 0) is 6.58 Å². The molecule has 0 aromatic heterocycles. The second-order valence-electron chi connectivity index (χ2n) is 1.31. The van der Waals surface area contributed by atoms with Crippen molar-refractivity contribution in [3.8, 4) is 0 Å². The Morgan fingerprint density at radius 2 is 1.20 bits per heavy atom. The molecule has 0 aliphatic rings. The van der Waals surface area contributed by atoms with Gasteiger partial charge in [-0.3, -0.25) is 0 Å². The topological polar surface area (TPSA) is 23.5 Å². The highest BCUT2D eigenvalue weighted by Gasteiger charge is 1.82. The third kappa shape index (κ3) is 26.4. The summed E-state index contributed by atoms with van der Waals surface area (Å²) in [5.74, 6) is 0.0926. The quantitative estimate of drug-likeness (QED) is 0.576. The van der Waals surface area contributed by atoms with E-state index in [1.165, 1.54) is 4.90 Å². The molecule has 0 heterocycles. The van der Waals surface area contributed by atoms with Gasteiger partial charge >= 0.3 is 0 Å². The summed E-state index contributed by atoms with van der Waals surface area (Å²) in [6, 6.07) is 0. The molecule has 10 heavy (non-hydrogen) atoms. The van der Waals surface area contributed by atoms with Crippen molar-refractivity contribution in [3.63, 3.8) is 0 Å². The molecule has 0 aromatic rings. The summed E-state index contributed by atoms with van der Waals surface area (Å²) in [7, 11) is 3.45. The average Bonchev–Trinajstić information content (AvgIpc) is 1.96. The van der Waals surface area contributed by atoms with Crippen LogP contribution in [0, 0.1) is 0 Å². The predicted octanol–water partition coefficient (Wildman–Crippen LogP) is 2.63. The molecule has 0 radical (unpaired) electrons. The smallest absolute Gasteiger partial charge is 0.178 e. The summed E-state index contributed by atoms with van der Waals surface area (Å²) in [6.07, 6.45) is 0. The first kappa shape index (κ1) is 16.2. The number of aliphatic hydroxyl groups is 1. The van der Waals surface area contributed by atoms with E-state index in [0.717, 1.165) is 0 Å². The second-order valence-corrected chi connectivity index (χ2v) is 1.31. The molecule has 0 saturated carbocycles. The van der Waals surface area contributed by atoms with Gasteiger partial charge in [0.1, 0.15) is 0 Å². The van der Waals surface area contributed by atoms with Gasteiger partial charge in [-0.2, -0.15) is 0 Å². The first-order valence-corrected chi connectivity index (χ1v) is 3.70. The summed E-state index contributed by atoms with van der Waals surface area (Å²) in [5, 5.41) is 8.36. The third-order valence-corrected chi connectivity index (χ3v) is 0.516. The fourth-order valence-corrected chi connectivity index (χ4v) is 0. The van der Waals surface area contributed by atoms with E-state index in [2.05, 4.69) is 6.58 Å². The number of hydrogen-bond donors (Lipinski definition) is 1. The Labute approximate surface area is 65.2 Å². The van der Waals surface area contributed by atoms with Crippen molar-refractivity contribution in [1.82, 2.24) is 4.90 Å². The van der Waals surface area contributed by atoms with Crippen molar-refractivity contribution >= 4 is 0 Å². The standard InChI is InChI=1S/C4H9NO.2C2H6/c1-4(6)5(2)3;2*1-2/h6H,1H2,2-3H3;2*1-2H3. The first-order valence-electron chi connectivity index (χ1n) is 3.70. The fraction of sp³-hybridized carbons (Fsp3) is 0.750. The molecule has 0 aliphatic heterocycles. The average molecular weight is 147 g/mol. The van der Waals surface area contributed by atoms with E-state index in [9.17, 15) is 0 Å². The Kier molecular flexibility index (Phi) is 25.5. The van der Waals surface area contributed by atoms with Crippen molar-refractivity contribution in [3.05, 3.63) is 12.5 Å². The van der Waals surface area contributed by atoms with Crippen molar-refractivity contribution < 1.29 is 5.11 Å². The van der Waals surface area contributed by atoms with Gasteiger partial charge in [0.15, 0.2) is 5.88 Å². The van der Waals surface area contributed by atoms with Crippen LogP contribution in [0.4, 0.5) is 0 Å². The SMILES string of the molecule is C=C(O)N(C)C.CC.CC. The molecule has 0 saturated heterocycles. The first-order chi connectivity index (χ1) is 4.64. The molecule has 64 valence electrons. The van der Waals surface area contributed by atoms with E-state index in [-0.39, 0.29) is 5.88 Å². The van der Waals surface area contributed by atoms with E-state index >= 15 is 0 Å². The fourth-order valence-electron chi connectivity index (χ4n) is 0. The summed E-state index contributed by atoms with van der Waals surface area (Å²) in [4.78, 5) is 1.53. The molecule has 0 aliphatic carbocycles. The lowest BCUT2D eigenvalue weighted by Gasteiger charge is -2.06. The van der Waals surface area contributed by atoms with Crippen LogP contribution in [0.1, 0.15) is 27.7 Å². The maximum atomic E-state index is 8.36. The normalized spacial score (nSPS) is 5.80. The Morgan fingerprint density at radius 3 is 1.20 bits per heavy atom. The number of nitrogens with zero attached hydrogens (tertiary/aromatic N) is 1. The molecule has 0 unspecified atom stereocenters. The van der Waals surface area contributed by atoms with Gasteiger partial charge < -0.3 is 10.0 Å². The summed E-state index contributed by atoms with van der Waals surface area (Å²) in [6.45, 7) is 11.2. The highest BCUT2D eigenvalue weighted by molar-refractivity contribution is 4.72. The third-order valence-electron chi connectivity index (χ3n) is 0.516. The van der Waals surface area contributed by atoms with Crippen molar-refractivity contribution in [2.24, 2.45) is 0 Å². The molecule has 0 atom stereocenters. The lowest BCUT2D eigenvalue weighted by Crippen LogP contribution is -2.08. The van der Waals surface area contributed by atoms with E-state index in [1.807, 2.05) is 27.7 Å². The van der Waals surface area contributed by atoms with E-state index in [1.54, 1.807) is 14.1 Å². The molecule has 0 fully saturated rings. The number of hydrogen-bond acceptors (Lipinski definition) is 2. The minimum absolute atomic E-state index is 0.0926. The van der Waals surface area contributed by atoms with Crippen LogP contribution < -0.4 is 0 Å². The van der Waals surface area contributed by atoms with Crippen LogP contribution in [0.3, 0.4) is 0 Å². The van der Waals surface area contributed by atoms with Crippen molar-refractivity contribution in [2.75, 3.05) is 14.1 Å². The van der Waals surface area contributed by atoms with E-state index in [4.69, 9.17) is 5.11 Å². The van der Waals surface area contributed by atoms with Gasteiger partial charge in [0.25, 0.3) is 0 Å². The zero-order chi connectivity index (χ0) is 9.15. The van der Waals surface area contributed by atoms with Gasteiger partial charge in [0.2, 0.25) is 0 Å². The largest absolute Gasteiger partial charge is 0.495 e. The molecule has 0 bridgehead atoms. The van der Waals surface area contributed by atoms with Gasteiger partial charge in [-0.25, -0.2) is 0 Å². The maximum Gasteiger partial charge on any atom is 0.178 e. The van der Waals surface area contributed by atoms with Crippen LogP contribution in [-0.2, 0) is 0 Å². The van der Waals surface area contributed by atoms with Gasteiger partial charge in [0, 0.05) is 14.1 Å². The van der Waals surface area contributed by atoms with Gasteiger partial charge in [-0.1, -0.05) is 27.7 Å². The summed E-state index contributed by atoms with van der Waals surface area (Å²) < 4.78 is 0. The Hall–Kier alpha value is -0.660. The Morgan fingerprint density at radius 1 is 1.10 bits per heavy atom. The summed E-state index contributed by atoms with van der Waals surface area (Å²) in [5.41, 5.74) is 0. The Bertz CT molecular complexity index is 60.3. The van der Waals surface area contributed by atoms with Gasteiger partial charge in [0.05, 0.1) is 0 Å². The van der Waals surface area contributed by atoms with Gasteiger partial charge in [-0.15, -0.1) is 0 Å². The molecule has 0 spiro atoms. The molecular weight excluding hydrogens is 126 g/mol. The minimum atomic E-state index is 0.0926. The predicted molar refractivity (Wildman–Crippen MR) is 48.2 cm³/mol. The van der Waals surface area contributed by atoms with E-state index < -0.39 is 0 Å². The molecule has 2 nitrogen and oxygen atoms in total. The van der Waals surface area contributed by atoms with Crippen LogP contribution in [0.25, 0.3) is 0 Å². The van der Waals surface area contributed by atoms with Crippen LogP contribution in [0.15, 0.2) is 12.5 Å². The number of aliphatic hydroxyl groups excluding tert-OH is 1. The van der Waals surface area contributed by atoms with Crippen LogP contribution in [-0.4, -0.2) is 24.1 Å². The summed E-state index contributed by atoms with van der Waals surface area (Å²) >= 11 is 0. The molecule has 0 amide bonds. The molecule has 0 aromatic carbocycles. The minimum Gasteiger partial charge on any atom is -0.495 e. The highest BCUT2D eigenvalue weighted by Crippen LogP contribution is 1.81. The second kappa shape index (κ2) is 15.8. The van der Waals surface area contributed by atoms with Crippen LogP contribution >= 0.6 is 0 Å². The lowest BCUT2D eigenvalue weighted by atomic mass is 10.8. The Balaban J connectivity index is -0.000000105. The number of rotatable bonds is 1. The molecular formula is C8H21NO. The lowest BCUT2D eigenvalue weighted by molar-refractivity contribution is 0.267.